The van der Waals surface area contributed by atoms with E-state index in [9.17, 15) is 9.59 Å². The Kier molecular flexibility index (Phi) is 7.41. The molecule has 1 aromatic heterocycles. The number of rotatable bonds is 7. The molecule has 6 rings (SSSR count). The first-order valence-electron chi connectivity index (χ1n) is 14.0. The lowest BCUT2D eigenvalue weighted by Gasteiger charge is -2.44. The van der Waals surface area contributed by atoms with Crippen LogP contribution < -0.4 is 0 Å². The molecule has 1 fully saturated rings. The number of hydrogen-bond acceptors (Lipinski definition) is 4. The number of ether oxygens (including phenoxy) is 1. The van der Waals surface area contributed by atoms with Crippen molar-refractivity contribution >= 4 is 22.7 Å². The smallest absolute Gasteiger partial charge is 0.254 e. The number of para-hydroxylation sites is 1. The maximum Gasteiger partial charge on any atom is 0.254 e. The fourth-order valence-corrected chi connectivity index (χ4v) is 6.41. The van der Waals surface area contributed by atoms with E-state index >= 15 is 0 Å². The van der Waals surface area contributed by atoms with Crippen LogP contribution in [0.15, 0.2) is 85.1 Å². The fourth-order valence-electron chi connectivity index (χ4n) is 6.41. The summed E-state index contributed by atoms with van der Waals surface area (Å²) in [5.74, 6) is -0.473. The standard InChI is InChI=1S/C33H36N4O3/c1-34-23-28(25-12-8-9-15-29(25)34)31-30(26-13-6-7-14-27(26)32(38)37(31)20-21-40-2)33(39)36-18-16-35(17-19-36)22-24-10-4-3-5-11-24/h3-15,23,30-31H,16-22H2,1-2H3. The molecular formula is C33H36N4O3. The zero-order chi connectivity index (χ0) is 27.6. The molecule has 206 valence electrons. The van der Waals surface area contributed by atoms with Crippen LogP contribution in [0, 0.1) is 0 Å². The van der Waals surface area contributed by atoms with E-state index in [4.69, 9.17) is 4.74 Å². The summed E-state index contributed by atoms with van der Waals surface area (Å²) in [5, 5.41) is 1.06. The van der Waals surface area contributed by atoms with Gasteiger partial charge >= 0.3 is 0 Å². The second-order valence-electron chi connectivity index (χ2n) is 10.8. The summed E-state index contributed by atoms with van der Waals surface area (Å²) < 4.78 is 7.52. The molecule has 0 saturated carbocycles. The quantitative estimate of drug-likeness (QED) is 0.350. The third-order valence-electron chi connectivity index (χ3n) is 8.42. The molecule has 40 heavy (non-hydrogen) atoms. The van der Waals surface area contributed by atoms with Crippen LogP contribution in [0.2, 0.25) is 0 Å². The molecular weight excluding hydrogens is 500 g/mol. The summed E-state index contributed by atoms with van der Waals surface area (Å²) in [4.78, 5) is 34.8. The summed E-state index contributed by atoms with van der Waals surface area (Å²) in [5.41, 5.74) is 4.79. The summed E-state index contributed by atoms with van der Waals surface area (Å²) in [6.45, 7) is 4.66. The van der Waals surface area contributed by atoms with Crippen molar-refractivity contribution < 1.29 is 14.3 Å². The fraction of sp³-hybridized carbons (Fsp3) is 0.333. The van der Waals surface area contributed by atoms with Crippen LogP contribution in [0.5, 0.6) is 0 Å². The van der Waals surface area contributed by atoms with Crippen LogP contribution in [0.1, 0.15) is 39.0 Å². The minimum absolute atomic E-state index is 0.0534. The minimum atomic E-state index is -0.503. The van der Waals surface area contributed by atoms with Crippen LogP contribution in [-0.4, -0.2) is 77.5 Å². The first-order chi connectivity index (χ1) is 19.6. The normalized spacial score (nSPS) is 19.7. The Bertz CT molecular complexity index is 1510. The van der Waals surface area contributed by atoms with E-state index in [0.29, 0.717) is 31.8 Å². The molecule has 1 saturated heterocycles. The second kappa shape index (κ2) is 11.3. The molecule has 2 atom stereocenters. The van der Waals surface area contributed by atoms with Crippen LogP contribution in [0.4, 0.5) is 0 Å². The van der Waals surface area contributed by atoms with Crippen LogP contribution in [-0.2, 0) is 23.1 Å². The van der Waals surface area contributed by atoms with Gasteiger partial charge in [0.25, 0.3) is 5.91 Å². The second-order valence-corrected chi connectivity index (χ2v) is 10.8. The number of aryl methyl sites for hydroxylation is 1. The van der Waals surface area contributed by atoms with Crippen molar-refractivity contribution in [3.63, 3.8) is 0 Å². The lowest BCUT2D eigenvalue weighted by Crippen LogP contribution is -2.53. The number of hydrogen-bond donors (Lipinski definition) is 0. The van der Waals surface area contributed by atoms with Gasteiger partial charge in [-0.1, -0.05) is 66.7 Å². The Hall–Kier alpha value is -3.94. The highest BCUT2D eigenvalue weighted by molar-refractivity contribution is 6.02. The molecule has 3 heterocycles. The molecule has 4 aromatic rings. The predicted octanol–water partition coefficient (Wildman–Crippen LogP) is 4.45. The van der Waals surface area contributed by atoms with Gasteiger partial charge in [-0.05, 0) is 23.3 Å². The van der Waals surface area contributed by atoms with E-state index in [2.05, 4.69) is 52.1 Å². The average molecular weight is 537 g/mol. The van der Waals surface area contributed by atoms with Crippen molar-refractivity contribution in [1.82, 2.24) is 19.3 Å². The van der Waals surface area contributed by atoms with E-state index in [1.54, 1.807) is 7.11 Å². The zero-order valence-corrected chi connectivity index (χ0v) is 23.2. The molecule has 2 amide bonds. The molecule has 0 aliphatic carbocycles. The van der Waals surface area contributed by atoms with Crippen molar-refractivity contribution in [3.8, 4) is 0 Å². The summed E-state index contributed by atoms with van der Waals surface area (Å²) in [6.07, 6.45) is 2.09. The Balaban J connectivity index is 1.37. The molecule has 3 aromatic carbocycles. The number of carbonyl (C=O) groups excluding carboxylic acids is 2. The summed E-state index contributed by atoms with van der Waals surface area (Å²) in [6, 6.07) is 25.9. The average Bonchev–Trinajstić information content (AvgIpc) is 3.33. The molecule has 2 aliphatic heterocycles. The molecule has 2 unspecified atom stereocenters. The lowest BCUT2D eigenvalue weighted by atomic mass is 9.78. The minimum Gasteiger partial charge on any atom is -0.383 e. The Labute approximate surface area is 235 Å². The number of carbonyl (C=O) groups is 2. The Morgan fingerprint density at radius 3 is 2.35 bits per heavy atom. The highest BCUT2D eigenvalue weighted by Crippen LogP contribution is 2.46. The van der Waals surface area contributed by atoms with Crippen LogP contribution in [0.25, 0.3) is 10.9 Å². The van der Waals surface area contributed by atoms with E-state index in [-0.39, 0.29) is 11.8 Å². The Morgan fingerprint density at radius 1 is 0.875 bits per heavy atom. The lowest BCUT2D eigenvalue weighted by molar-refractivity contribution is -0.136. The van der Waals surface area contributed by atoms with E-state index in [0.717, 1.165) is 41.7 Å². The third-order valence-corrected chi connectivity index (χ3v) is 8.42. The molecule has 0 bridgehead atoms. The van der Waals surface area contributed by atoms with E-state index in [1.807, 2.05) is 59.3 Å². The third kappa shape index (κ3) is 4.80. The van der Waals surface area contributed by atoms with E-state index in [1.165, 1.54) is 5.56 Å². The van der Waals surface area contributed by atoms with Crippen molar-refractivity contribution in [2.24, 2.45) is 7.05 Å². The van der Waals surface area contributed by atoms with Crippen LogP contribution >= 0.6 is 0 Å². The molecule has 2 aliphatic rings. The highest BCUT2D eigenvalue weighted by atomic mass is 16.5. The molecule has 7 heteroatoms. The molecule has 0 N–H and O–H groups in total. The van der Waals surface area contributed by atoms with Gasteiger partial charge in [0.2, 0.25) is 5.91 Å². The largest absolute Gasteiger partial charge is 0.383 e. The number of piperazine rings is 1. The maximum absolute atomic E-state index is 14.6. The molecule has 0 spiro atoms. The molecule has 7 nitrogen and oxygen atoms in total. The number of nitrogens with zero attached hydrogens (tertiary/aromatic N) is 4. The van der Waals surface area contributed by atoms with Crippen molar-refractivity contribution in [2.75, 3.05) is 46.4 Å². The first-order valence-corrected chi connectivity index (χ1v) is 14.0. The van der Waals surface area contributed by atoms with Crippen molar-refractivity contribution in [3.05, 3.63) is 107 Å². The van der Waals surface area contributed by atoms with Gasteiger partial charge in [0.05, 0.1) is 18.6 Å². The van der Waals surface area contributed by atoms with Crippen molar-refractivity contribution in [2.45, 2.75) is 18.5 Å². The summed E-state index contributed by atoms with van der Waals surface area (Å²) in [7, 11) is 3.67. The maximum atomic E-state index is 14.6. The zero-order valence-electron chi connectivity index (χ0n) is 23.2. The SMILES string of the molecule is COCCN1C(=O)c2ccccc2C(C(=O)N2CCN(Cc3ccccc3)CC2)C1c1cn(C)c2ccccc12. The van der Waals surface area contributed by atoms with Gasteiger partial charge < -0.3 is 19.1 Å². The first kappa shape index (κ1) is 26.3. The predicted molar refractivity (Wildman–Crippen MR) is 156 cm³/mol. The monoisotopic (exact) mass is 536 g/mol. The number of amides is 2. The number of benzene rings is 3. The topological polar surface area (TPSA) is 58.0 Å². The van der Waals surface area contributed by atoms with E-state index < -0.39 is 12.0 Å². The van der Waals surface area contributed by atoms with Gasteiger partial charge in [-0.25, -0.2) is 0 Å². The van der Waals surface area contributed by atoms with Gasteiger partial charge in [-0.3, -0.25) is 14.5 Å². The van der Waals surface area contributed by atoms with Gasteiger partial charge in [0.1, 0.15) is 0 Å². The highest BCUT2D eigenvalue weighted by Gasteiger charge is 2.46. The molecule has 0 radical (unpaired) electrons. The number of fused-ring (bicyclic) bond motifs is 2. The summed E-state index contributed by atoms with van der Waals surface area (Å²) >= 11 is 0. The van der Waals surface area contributed by atoms with Gasteiger partial charge in [0.15, 0.2) is 0 Å². The van der Waals surface area contributed by atoms with Gasteiger partial charge in [0, 0.05) is 81.7 Å². The number of methoxy groups -OCH3 is 1. The van der Waals surface area contributed by atoms with Gasteiger partial charge in [-0.15, -0.1) is 0 Å². The van der Waals surface area contributed by atoms with Crippen molar-refractivity contribution in [1.29, 1.82) is 0 Å². The number of aromatic nitrogens is 1. The van der Waals surface area contributed by atoms with Crippen LogP contribution in [0.3, 0.4) is 0 Å². The van der Waals surface area contributed by atoms with Gasteiger partial charge in [-0.2, -0.15) is 0 Å². The Morgan fingerprint density at radius 2 is 1.57 bits per heavy atom.